The molecule has 0 spiro atoms. The minimum Gasteiger partial charge on any atom is -0.493 e. The predicted octanol–water partition coefficient (Wildman–Crippen LogP) is 2.10. The number of hydrogen-bond acceptors (Lipinski definition) is 6. The van der Waals surface area contributed by atoms with Gasteiger partial charge in [0.15, 0.2) is 18.1 Å². The van der Waals surface area contributed by atoms with Crippen LogP contribution in [0.15, 0.2) is 18.2 Å². The van der Waals surface area contributed by atoms with E-state index < -0.39 is 5.97 Å². The molecule has 0 aliphatic carbocycles. The van der Waals surface area contributed by atoms with Crippen LogP contribution in [-0.4, -0.2) is 63.3 Å². The first-order valence-electron chi connectivity index (χ1n) is 9.34. The highest BCUT2D eigenvalue weighted by Crippen LogP contribution is 2.28. The largest absolute Gasteiger partial charge is 0.493 e. The van der Waals surface area contributed by atoms with Crippen molar-refractivity contribution in [3.8, 4) is 11.5 Å². The Kier molecular flexibility index (Phi) is 7.91. The molecule has 1 amide bonds. The lowest BCUT2D eigenvalue weighted by molar-refractivity contribution is -0.142. The van der Waals surface area contributed by atoms with Crippen molar-refractivity contribution in [3.05, 3.63) is 23.8 Å². The van der Waals surface area contributed by atoms with Gasteiger partial charge in [-0.2, -0.15) is 0 Å². The molecule has 1 aromatic carbocycles. The van der Waals surface area contributed by atoms with Gasteiger partial charge in [0.1, 0.15) is 0 Å². The minimum absolute atomic E-state index is 0.162. The Morgan fingerprint density at radius 1 is 1.30 bits per heavy atom. The van der Waals surface area contributed by atoms with E-state index in [0.29, 0.717) is 35.6 Å². The molecule has 1 aromatic rings. The van der Waals surface area contributed by atoms with Crippen molar-refractivity contribution in [2.45, 2.75) is 32.7 Å². The molecule has 1 aliphatic rings. The fourth-order valence-corrected chi connectivity index (χ4v) is 3.22. The summed E-state index contributed by atoms with van der Waals surface area (Å²) in [4.78, 5) is 26.1. The summed E-state index contributed by atoms with van der Waals surface area (Å²) in [5.41, 5.74) is 0.483. The highest BCUT2D eigenvalue weighted by atomic mass is 16.6. The van der Waals surface area contributed by atoms with Crippen molar-refractivity contribution in [1.82, 2.24) is 10.2 Å². The molecule has 0 saturated carbocycles. The molecule has 1 aliphatic heterocycles. The minimum atomic E-state index is -0.486. The molecule has 7 nitrogen and oxygen atoms in total. The lowest BCUT2D eigenvalue weighted by atomic mass is 9.99. The molecule has 1 fully saturated rings. The van der Waals surface area contributed by atoms with E-state index in [4.69, 9.17) is 9.47 Å². The van der Waals surface area contributed by atoms with Crippen molar-refractivity contribution in [3.63, 3.8) is 0 Å². The predicted molar refractivity (Wildman–Crippen MR) is 102 cm³/mol. The summed E-state index contributed by atoms with van der Waals surface area (Å²) < 4.78 is 15.2. The number of ether oxygens (including phenoxy) is 3. The first-order chi connectivity index (χ1) is 12.9. The van der Waals surface area contributed by atoms with Gasteiger partial charge in [0.25, 0.3) is 5.91 Å². The Morgan fingerprint density at radius 3 is 2.74 bits per heavy atom. The molecule has 0 radical (unpaired) electrons. The number of benzene rings is 1. The summed E-state index contributed by atoms with van der Waals surface area (Å²) in [6.45, 7) is 6.95. The van der Waals surface area contributed by atoms with Gasteiger partial charge in [-0.1, -0.05) is 6.92 Å². The van der Waals surface area contributed by atoms with E-state index in [1.807, 2.05) is 0 Å². The van der Waals surface area contributed by atoms with Gasteiger partial charge < -0.3 is 19.5 Å². The number of hydrogen-bond donors (Lipinski definition) is 1. The second-order valence-corrected chi connectivity index (χ2v) is 7.03. The van der Waals surface area contributed by atoms with Crippen LogP contribution in [0.4, 0.5) is 0 Å². The van der Waals surface area contributed by atoms with Crippen LogP contribution < -0.4 is 14.8 Å². The molecule has 7 heteroatoms. The molecule has 1 N–H and O–H groups in total. The molecular formula is C20H30N2O5. The van der Waals surface area contributed by atoms with E-state index in [9.17, 15) is 9.59 Å². The third-order valence-corrected chi connectivity index (χ3v) is 4.87. The highest BCUT2D eigenvalue weighted by Gasteiger charge is 2.21. The van der Waals surface area contributed by atoms with Crippen LogP contribution in [-0.2, 0) is 9.53 Å². The molecule has 1 heterocycles. The summed E-state index contributed by atoms with van der Waals surface area (Å²) >= 11 is 0. The molecule has 0 bridgehead atoms. The number of methoxy groups -OCH3 is 2. The third kappa shape index (κ3) is 6.13. The molecular weight excluding hydrogens is 348 g/mol. The van der Waals surface area contributed by atoms with Gasteiger partial charge >= 0.3 is 5.97 Å². The number of nitrogens with zero attached hydrogens (tertiary/aromatic N) is 1. The molecule has 2 rings (SSSR count). The summed E-state index contributed by atoms with van der Waals surface area (Å²) in [5.74, 6) is 0.836. The van der Waals surface area contributed by atoms with Gasteiger partial charge in [-0.3, -0.25) is 9.69 Å². The molecule has 2 atom stereocenters. The first-order valence-corrected chi connectivity index (χ1v) is 9.34. The topological polar surface area (TPSA) is 77.1 Å². The number of rotatable bonds is 8. The van der Waals surface area contributed by atoms with Crippen LogP contribution in [0.1, 0.15) is 37.0 Å². The van der Waals surface area contributed by atoms with E-state index in [0.717, 1.165) is 13.1 Å². The van der Waals surface area contributed by atoms with Crippen molar-refractivity contribution >= 4 is 11.9 Å². The van der Waals surface area contributed by atoms with Gasteiger partial charge in [-0.05, 0) is 50.4 Å². The van der Waals surface area contributed by atoms with Gasteiger partial charge in [-0.25, -0.2) is 4.79 Å². The van der Waals surface area contributed by atoms with Crippen LogP contribution in [0.3, 0.4) is 0 Å². The van der Waals surface area contributed by atoms with Crippen molar-refractivity contribution < 1.29 is 23.8 Å². The fraction of sp³-hybridized carbons (Fsp3) is 0.600. The van der Waals surface area contributed by atoms with Gasteiger partial charge in [0.05, 0.1) is 14.2 Å². The Hall–Kier alpha value is -2.28. The number of nitrogens with one attached hydrogen (secondary N) is 1. The monoisotopic (exact) mass is 378 g/mol. The van der Waals surface area contributed by atoms with E-state index in [1.54, 1.807) is 18.2 Å². The van der Waals surface area contributed by atoms with Crippen LogP contribution in [0.5, 0.6) is 11.5 Å². The Balaban J connectivity index is 1.92. The summed E-state index contributed by atoms with van der Waals surface area (Å²) in [5, 5.41) is 2.99. The zero-order valence-corrected chi connectivity index (χ0v) is 16.6. The lowest BCUT2D eigenvalue weighted by Gasteiger charge is -2.35. The van der Waals surface area contributed by atoms with E-state index in [2.05, 4.69) is 28.8 Å². The van der Waals surface area contributed by atoms with Gasteiger partial charge in [0, 0.05) is 24.7 Å². The summed E-state index contributed by atoms with van der Waals surface area (Å²) in [7, 11) is 2.78. The number of piperidine rings is 1. The SMILES string of the molecule is COC(=O)COc1ccc(C(=O)NCC(C)N2CCCC(C)C2)cc1OC. The maximum Gasteiger partial charge on any atom is 0.343 e. The normalized spacial score (nSPS) is 18.4. The van der Waals surface area contributed by atoms with Crippen molar-refractivity contribution in [1.29, 1.82) is 0 Å². The zero-order valence-electron chi connectivity index (χ0n) is 16.6. The van der Waals surface area contributed by atoms with Crippen molar-refractivity contribution in [2.24, 2.45) is 5.92 Å². The molecule has 0 aromatic heterocycles. The average molecular weight is 378 g/mol. The van der Waals surface area contributed by atoms with E-state index >= 15 is 0 Å². The second kappa shape index (κ2) is 10.2. The summed E-state index contributed by atoms with van der Waals surface area (Å²) in [6, 6.07) is 5.17. The van der Waals surface area contributed by atoms with E-state index in [1.165, 1.54) is 27.1 Å². The second-order valence-electron chi connectivity index (χ2n) is 7.03. The number of amides is 1. The fourth-order valence-electron chi connectivity index (χ4n) is 3.22. The number of esters is 1. The number of carbonyl (C=O) groups is 2. The Morgan fingerprint density at radius 2 is 2.07 bits per heavy atom. The van der Waals surface area contributed by atoms with Crippen LogP contribution in [0.2, 0.25) is 0 Å². The molecule has 150 valence electrons. The van der Waals surface area contributed by atoms with Gasteiger partial charge in [-0.15, -0.1) is 0 Å². The standard InChI is InChI=1S/C20H30N2O5/c1-14-6-5-9-22(12-14)15(2)11-21-20(24)16-7-8-17(18(10-16)25-3)27-13-19(23)26-4/h7-8,10,14-15H,5-6,9,11-13H2,1-4H3,(H,21,24). The summed E-state index contributed by atoms with van der Waals surface area (Å²) in [6.07, 6.45) is 2.49. The zero-order chi connectivity index (χ0) is 19.8. The molecule has 2 unspecified atom stereocenters. The smallest absolute Gasteiger partial charge is 0.343 e. The maximum atomic E-state index is 12.5. The van der Waals surface area contributed by atoms with Crippen LogP contribution in [0, 0.1) is 5.92 Å². The van der Waals surface area contributed by atoms with Gasteiger partial charge in [0.2, 0.25) is 0 Å². The number of carbonyl (C=O) groups excluding carboxylic acids is 2. The Bertz CT molecular complexity index is 649. The van der Waals surface area contributed by atoms with Crippen molar-refractivity contribution in [2.75, 3.05) is 40.5 Å². The lowest BCUT2D eigenvalue weighted by Crippen LogP contribution is -2.46. The molecule has 1 saturated heterocycles. The quantitative estimate of drug-likeness (QED) is 0.698. The average Bonchev–Trinajstić information content (AvgIpc) is 2.69. The Labute approximate surface area is 161 Å². The van der Waals surface area contributed by atoms with Crippen LogP contribution in [0.25, 0.3) is 0 Å². The maximum absolute atomic E-state index is 12.5. The third-order valence-electron chi connectivity index (χ3n) is 4.87. The molecule has 27 heavy (non-hydrogen) atoms. The van der Waals surface area contributed by atoms with E-state index in [-0.39, 0.29) is 12.5 Å². The highest BCUT2D eigenvalue weighted by molar-refractivity contribution is 5.94. The first kappa shape index (κ1) is 21.0. The van der Waals surface area contributed by atoms with Crippen LogP contribution >= 0.6 is 0 Å². The number of likely N-dealkylation sites (tertiary alicyclic amines) is 1.